The Morgan fingerprint density at radius 1 is 1.32 bits per heavy atom. The lowest BCUT2D eigenvalue weighted by Gasteiger charge is -2.02. The molecular formula is C13H13N5O. The predicted octanol–water partition coefficient (Wildman–Crippen LogP) is 1.26. The molecule has 0 aliphatic heterocycles. The molecule has 19 heavy (non-hydrogen) atoms. The van der Waals surface area contributed by atoms with Crippen LogP contribution in [0.1, 0.15) is 16.2 Å². The Balaban J connectivity index is 1.62. The van der Waals surface area contributed by atoms with Crippen LogP contribution in [0.5, 0.6) is 0 Å². The molecule has 6 heteroatoms. The van der Waals surface area contributed by atoms with Crippen LogP contribution in [0.3, 0.4) is 0 Å². The molecule has 0 radical (unpaired) electrons. The zero-order chi connectivity index (χ0) is 13.1. The molecule has 0 atom stereocenters. The van der Waals surface area contributed by atoms with Gasteiger partial charge in [-0.05, 0) is 18.1 Å². The van der Waals surface area contributed by atoms with Crippen molar-refractivity contribution in [1.82, 2.24) is 25.5 Å². The molecule has 0 aliphatic rings. The number of hydrogen-bond donors (Lipinski definition) is 3. The number of carbonyl (C=O) groups is 1. The summed E-state index contributed by atoms with van der Waals surface area (Å²) in [5, 5.41) is 10.2. The van der Waals surface area contributed by atoms with E-state index in [9.17, 15) is 4.79 Å². The molecule has 0 fully saturated rings. The zero-order valence-corrected chi connectivity index (χ0v) is 10.2. The second-order valence-electron chi connectivity index (χ2n) is 4.20. The maximum absolute atomic E-state index is 11.6. The molecule has 2 heterocycles. The van der Waals surface area contributed by atoms with Crippen molar-refractivity contribution in [2.75, 3.05) is 6.54 Å². The van der Waals surface area contributed by atoms with Crippen molar-refractivity contribution in [2.45, 2.75) is 6.42 Å². The van der Waals surface area contributed by atoms with Gasteiger partial charge in [0, 0.05) is 23.6 Å². The highest BCUT2D eigenvalue weighted by atomic mass is 16.2. The molecule has 0 bridgehead atoms. The van der Waals surface area contributed by atoms with Crippen LogP contribution in [-0.4, -0.2) is 32.6 Å². The molecule has 3 rings (SSSR count). The lowest BCUT2D eigenvalue weighted by atomic mass is 10.1. The summed E-state index contributed by atoms with van der Waals surface area (Å²) in [5.74, 6) is -0.00346. The smallest absolute Gasteiger partial charge is 0.288 e. The second kappa shape index (κ2) is 4.93. The maximum atomic E-state index is 11.6. The summed E-state index contributed by atoms with van der Waals surface area (Å²) < 4.78 is 0. The zero-order valence-electron chi connectivity index (χ0n) is 10.2. The largest absolute Gasteiger partial charge is 0.361 e. The lowest BCUT2D eigenvalue weighted by Crippen LogP contribution is -2.26. The van der Waals surface area contributed by atoms with Gasteiger partial charge in [0.1, 0.15) is 6.33 Å². The normalized spacial score (nSPS) is 10.7. The number of amides is 1. The highest BCUT2D eigenvalue weighted by Crippen LogP contribution is 2.17. The summed E-state index contributed by atoms with van der Waals surface area (Å²) in [5.41, 5.74) is 2.30. The molecule has 1 aromatic carbocycles. The van der Waals surface area contributed by atoms with Gasteiger partial charge in [-0.3, -0.25) is 9.89 Å². The van der Waals surface area contributed by atoms with Gasteiger partial charge in [-0.2, -0.15) is 5.10 Å². The Morgan fingerprint density at radius 3 is 3.05 bits per heavy atom. The average Bonchev–Trinajstić information content (AvgIpc) is 3.08. The highest BCUT2D eigenvalue weighted by molar-refractivity contribution is 5.90. The summed E-state index contributed by atoms with van der Waals surface area (Å²) in [4.78, 5) is 18.7. The molecule has 0 aliphatic carbocycles. The second-order valence-corrected chi connectivity index (χ2v) is 4.20. The van der Waals surface area contributed by atoms with E-state index in [2.05, 4.69) is 31.5 Å². The van der Waals surface area contributed by atoms with E-state index >= 15 is 0 Å². The molecule has 0 unspecified atom stereocenters. The molecule has 3 N–H and O–H groups in total. The number of benzene rings is 1. The highest BCUT2D eigenvalue weighted by Gasteiger charge is 2.08. The van der Waals surface area contributed by atoms with Crippen LogP contribution >= 0.6 is 0 Å². The van der Waals surface area contributed by atoms with Crippen molar-refractivity contribution in [3.63, 3.8) is 0 Å². The van der Waals surface area contributed by atoms with Crippen LogP contribution in [-0.2, 0) is 6.42 Å². The topological polar surface area (TPSA) is 86.5 Å². The first-order chi connectivity index (χ1) is 9.34. The molecule has 2 aromatic heterocycles. The van der Waals surface area contributed by atoms with Crippen LogP contribution in [0.15, 0.2) is 36.8 Å². The SMILES string of the molecule is O=C(NCCc1c[nH]c2ccccc12)c1ncn[nH]1. The van der Waals surface area contributed by atoms with E-state index in [-0.39, 0.29) is 11.7 Å². The van der Waals surface area contributed by atoms with E-state index in [4.69, 9.17) is 0 Å². The first-order valence-corrected chi connectivity index (χ1v) is 6.03. The fourth-order valence-corrected chi connectivity index (χ4v) is 2.05. The van der Waals surface area contributed by atoms with Gasteiger partial charge in [0.2, 0.25) is 5.82 Å². The number of hydrogen-bond acceptors (Lipinski definition) is 3. The van der Waals surface area contributed by atoms with Crippen molar-refractivity contribution < 1.29 is 4.79 Å². The van der Waals surface area contributed by atoms with Crippen LogP contribution in [0, 0.1) is 0 Å². The average molecular weight is 255 g/mol. The predicted molar refractivity (Wildman–Crippen MR) is 70.7 cm³/mol. The first-order valence-electron chi connectivity index (χ1n) is 6.03. The Morgan fingerprint density at radius 2 is 2.21 bits per heavy atom. The number of rotatable bonds is 4. The monoisotopic (exact) mass is 255 g/mol. The number of fused-ring (bicyclic) bond motifs is 1. The van der Waals surface area contributed by atoms with Gasteiger partial charge in [0.15, 0.2) is 0 Å². The van der Waals surface area contributed by atoms with Gasteiger partial charge in [-0.15, -0.1) is 0 Å². The minimum Gasteiger partial charge on any atom is -0.361 e. The molecule has 3 aromatic rings. The van der Waals surface area contributed by atoms with Crippen molar-refractivity contribution >= 4 is 16.8 Å². The fourth-order valence-electron chi connectivity index (χ4n) is 2.05. The maximum Gasteiger partial charge on any atom is 0.288 e. The van der Waals surface area contributed by atoms with Gasteiger partial charge in [-0.1, -0.05) is 18.2 Å². The summed E-state index contributed by atoms with van der Waals surface area (Å²) in [6, 6.07) is 8.10. The van der Waals surface area contributed by atoms with E-state index in [0.29, 0.717) is 6.54 Å². The minimum atomic E-state index is -0.239. The quantitative estimate of drug-likeness (QED) is 0.656. The number of para-hydroxylation sites is 1. The molecule has 6 nitrogen and oxygen atoms in total. The molecular weight excluding hydrogens is 242 g/mol. The van der Waals surface area contributed by atoms with Gasteiger partial charge in [0.25, 0.3) is 5.91 Å². The van der Waals surface area contributed by atoms with Gasteiger partial charge >= 0.3 is 0 Å². The number of aromatic nitrogens is 4. The number of carbonyl (C=O) groups excluding carboxylic acids is 1. The van der Waals surface area contributed by atoms with E-state index < -0.39 is 0 Å². The molecule has 0 saturated carbocycles. The molecule has 96 valence electrons. The van der Waals surface area contributed by atoms with Crippen LogP contribution < -0.4 is 5.32 Å². The fraction of sp³-hybridized carbons (Fsp3) is 0.154. The molecule has 0 saturated heterocycles. The van der Waals surface area contributed by atoms with E-state index in [0.717, 1.165) is 11.9 Å². The summed E-state index contributed by atoms with van der Waals surface area (Å²) >= 11 is 0. The Labute approximate surface area is 109 Å². The van der Waals surface area contributed by atoms with E-state index in [1.54, 1.807) is 0 Å². The van der Waals surface area contributed by atoms with E-state index in [1.165, 1.54) is 17.3 Å². The van der Waals surface area contributed by atoms with Crippen LogP contribution in [0.2, 0.25) is 0 Å². The third-order valence-electron chi connectivity index (χ3n) is 2.98. The van der Waals surface area contributed by atoms with Crippen LogP contribution in [0.25, 0.3) is 10.9 Å². The van der Waals surface area contributed by atoms with Crippen LogP contribution in [0.4, 0.5) is 0 Å². The first kappa shape index (κ1) is 11.5. The van der Waals surface area contributed by atoms with Crippen molar-refractivity contribution in [3.05, 3.63) is 48.2 Å². The molecule has 1 amide bonds. The number of H-pyrrole nitrogens is 2. The van der Waals surface area contributed by atoms with Crippen molar-refractivity contribution in [3.8, 4) is 0 Å². The van der Waals surface area contributed by atoms with Gasteiger partial charge in [0.05, 0.1) is 0 Å². The minimum absolute atomic E-state index is 0.235. The number of aromatic amines is 2. The summed E-state index contributed by atoms with van der Waals surface area (Å²) in [6.07, 6.45) is 4.06. The standard InChI is InChI=1S/C13H13N5O/c19-13(12-16-8-17-18-12)14-6-5-9-7-15-11-4-2-1-3-10(9)11/h1-4,7-8,15H,5-6H2,(H,14,19)(H,16,17,18). The Bertz CT molecular complexity index is 686. The van der Waals surface area contributed by atoms with E-state index in [1.807, 2.05) is 24.4 Å². The number of nitrogens with zero attached hydrogens (tertiary/aromatic N) is 2. The lowest BCUT2D eigenvalue weighted by molar-refractivity contribution is 0.0944. The Hall–Kier alpha value is -2.63. The summed E-state index contributed by atoms with van der Waals surface area (Å²) in [6.45, 7) is 0.557. The Kier molecular flexibility index (Phi) is 2.97. The van der Waals surface area contributed by atoms with Crippen molar-refractivity contribution in [2.24, 2.45) is 0 Å². The molecule has 0 spiro atoms. The third-order valence-corrected chi connectivity index (χ3v) is 2.98. The van der Waals surface area contributed by atoms with Gasteiger partial charge < -0.3 is 10.3 Å². The van der Waals surface area contributed by atoms with Crippen molar-refractivity contribution in [1.29, 1.82) is 0 Å². The van der Waals surface area contributed by atoms with Gasteiger partial charge in [-0.25, -0.2) is 4.98 Å². The third kappa shape index (κ3) is 2.33. The summed E-state index contributed by atoms with van der Waals surface area (Å²) in [7, 11) is 0. The number of nitrogens with one attached hydrogen (secondary N) is 3.